The Bertz CT molecular complexity index is 3700. The molecule has 77 heavy (non-hydrogen) atoms. The van der Waals surface area contributed by atoms with E-state index >= 15 is 0 Å². The lowest BCUT2D eigenvalue weighted by Gasteiger charge is -2.34. The Hall–Kier alpha value is -8.06. The predicted molar refractivity (Wildman–Crippen MR) is 335 cm³/mol. The number of hydrogen-bond donors (Lipinski definition) is 0. The van der Waals surface area contributed by atoms with Crippen molar-refractivity contribution in [1.82, 2.24) is 0 Å². The zero-order valence-electron chi connectivity index (χ0n) is 46.4. The number of rotatable bonds is 6. The lowest BCUT2D eigenvalue weighted by atomic mass is 9.67. The van der Waals surface area contributed by atoms with Gasteiger partial charge in [0.05, 0.1) is 5.41 Å². The van der Waals surface area contributed by atoms with Crippen molar-refractivity contribution in [3.8, 4) is 33.4 Å². The van der Waals surface area contributed by atoms with Crippen molar-refractivity contribution < 1.29 is 0 Å². The van der Waals surface area contributed by atoms with Gasteiger partial charge in [0.25, 0.3) is 0 Å². The van der Waals surface area contributed by atoms with E-state index in [4.69, 9.17) is 0 Å². The van der Waals surface area contributed by atoms with Gasteiger partial charge < -0.3 is 0 Å². The van der Waals surface area contributed by atoms with Crippen molar-refractivity contribution >= 4 is 27.6 Å². The molecule has 0 aromatic heterocycles. The molecule has 0 heterocycles. The summed E-state index contributed by atoms with van der Waals surface area (Å²) in [5, 5.41) is 5.13. The fourth-order valence-corrected chi connectivity index (χ4v) is 12.4. The van der Waals surface area contributed by atoms with E-state index < -0.39 is 5.41 Å². The number of benzene rings is 9. The first-order valence-electron chi connectivity index (χ1n) is 28.1. The Morgan fingerprint density at radius 1 is 0.597 bits per heavy atom. The van der Waals surface area contributed by atoms with Crippen LogP contribution in [0, 0.1) is 25.7 Å². The number of hydrogen-bond acceptors (Lipinski definition) is 0. The molecule has 0 nitrogen and oxygen atoms in total. The molecule has 0 fully saturated rings. The summed E-state index contributed by atoms with van der Waals surface area (Å²) in [7, 11) is 0. The summed E-state index contributed by atoms with van der Waals surface area (Å²) in [5.41, 5.74) is 23.5. The molecule has 12 rings (SSSR count). The molecule has 0 saturated carbocycles. The smallest absolute Gasteiger partial charge is 0.0714 e. The summed E-state index contributed by atoms with van der Waals surface area (Å²) in [6.45, 7) is 19.7. The Labute approximate surface area is 460 Å². The van der Waals surface area contributed by atoms with Crippen molar-refractivity contribution in [2.45, 2.75) is 86.0 Å². The van der Waals surface area contributed by atoms with E-state index in [1.807, 2.05) is 18.2 Å². The van der Waals surface area contributed by atoms with Gasteiger partial charge in [-0.1, -0.05) is 262 Å². The molecule has 9 aromatic rings. The molecule has 382 valence electrons. The zero-order chi connectivity index (χ0) is 53.5. The SMILES string of the molecule is C/C=C\c1cc(-c2ccc3cc(-c4ccc5c(c4)C(c4ccccc4)(c4ccccc4)c4cc(C)c6ccccc6c4-5)ccc3c2)ccc1CC.C=C1/C=C(C)\C=C/CC2=C(CCC(C)C=C2)C(C)C1.Cc1ccccc1. The van der Waals surface area contributed by atoms with E-state index in [0.29, 0.717) is 11.8 Å². The van der Waals surface area contributed by atoms with Gasteiger partial charge in [-0.25, -0.2) is 0 Å². The molecule has 0 spiro atoms. The summed E-state index contributed by atoms with van der Waals surface area (Å²) in [4.78, 5) is 0. The monoisotopic (exact) mass is 999 g/mol. The molecular weight excluding hydrogens is 925 g/mol. The number of fused-ring (bicyclic) bond motifs is 6. The molecule has 0 radical (unpaired) electrons. The highest BCUT2D eigenvalue weighted by molar-refractivity contribution is 6.06. The van der Waals surface area contributed by atoms with E-state index in [2.05, 4.69) is 274 Å². The van der Waals surface area contributed by atoms with Crippen LogP contribution in [0.5, 0.6) is 0 Å². The molecule has 2 atom stereocenters. The van der Waals surface area contributed by atoms with E-state index in [-0.39, 0.29) is 0 Å². The minimum Gasteiger partial charge on any atom is -0.0958 e. The van der Waals surface area contributed by atoms with Gasteiger partial charge in [0.2, 0.25) is 0 Å². The molecule has 0 saturated heterocycles. The second-order valence-corrected chi connectivity index (χ2v) is 21.8. The first-order valence-corrected chi connectivity index (χ1v) is 28.1. The van der Waals surface area contributed by atoms with Crippen molar-refractivity contribution in [3.63, 3.8) is 0 Å². The average molecular weight is 999 g/mol. The molecule has 3 aliphatic rings. The third kappa shape index (κ3) is 11.0. The van der Waals surface area contributed by atoms with Gasteiger partial charge in [0, 0.05) is 0 Å². The normalized spacial score (nSPS) is 17.7. The highest BCUT2D eigenvalue weighted by atomic mass is 14.5. The van der Waals surface area contributed by atoms with E-state index in [1.165, 1.54) is 129 Å². The largest absolute Gasteiger partial charge is 0.0958 e. The first-order chi connectivity index (χ1) is 37.5. The minimum atomic E-state index is -0.455. The fraction of sp³-hybridized carbons (Fsp3) is 0.195. The van der Waals surface area contributed by atoms with Crippen molar-refractivity contribution in [2.75, 3.05) is 0 Å². The Morgan fingerprint density at radius 3 is 1.81 bits per heavy atom. The molecule has 0 bridgehead atoms. The number of allylic oxidation sites excluding steroid dienone is 10. The van der Waals surface area contributed by atoms with Gasteiger partial charge in [0.1, 0.15) is 0 Å². The Balaban J connectivity index is 0.000000212. The van der Waals surface area contributed by atoms with Crippen molar-refractivity contribution in [1.29, 1.82) is 0 Å². The van der Waals surface area contributed by atoms with Crippen LogP contribution >= 0.6 is 0 Å². The van der Waals surface area contributed by atoms with E-state index in [0.717, 1.165) is 19.3 Å². The summed E-state index contributed by atoms with van der Waals surface area (Å²) >= 11 is 0. The summed E-state index contributed by atoms with van der Waals surface area (Å²) < 4.78 is 0. The van der Waals surface area contributed by atoms with Gasteiger partial charge >= 0.3 is 0 Å². The Kier molecular flexibility index (Phi) is 16.0. The van der Waals surface area contributed by atoms with Crippen LogP contribution in [-0.4, -0.2) is 0 Å². The van der Waals surface area contributed by atoms with Gasteiger partial charge in [-0.15, -0.1) is 0 Å². The maximum absolute atomic E-state index is 4.21. The predicted octanol–water partition coefficient (Wildman–Crippen LogP) is 21.3. The lowest BCUT2D eigenvalue weighted by molar-refractivity contribution is 0.582. The summed E-state index contributed by atoms with van der Waals surface area (Å²) in [6, 6.07) is 71.8. The van der Waals surface area contributed by atoms with Gasteiger partial charge in [0.15, 0.2) is 0 Å². The third-order valence-corrected chi connectivity index (χ3v) is 16.3. The molecule has 9 aromatic carbocycles. The molecule has 0 amide bonds. The van der Waals surface area contributed by atoms with Gasteiger partial charge in [-0.2, -0.15) is 0 Å². The standard InChI is InChI=1S/C51H40.C19H26.C7H8/c1-4-14-36-30-37(22-21-35(36)5-2)38-23-24-40-32-41(26-25-39(40)31-38)42-27-28-47-48(33-42)51(43-15-8-6-9-16-43,44-17-10-7-11-18-44)49-29-34(3)45-19-12-13-20-46(45)50(47)49;1-14-8-10-18-7-5-6-15(2)12-16(3)13-17(4)19(18)11-9-14;1-7-5-3-2-4-6-7/h4,6-33H,5H2,1-3H3;5-6,8,10,12,14,17H,3,7,9,11,13H2,1-2,4H3;2-6H,1H3/b14-4-;6-5-,15-12-;. The maximum Gasteiger partial charge on any atom is 0.0714 e. The molecule has 3 aliphatic carbocycles. The minimum absolute atomic E-state index is 0.455. The number of aryl methyl sites for hydroxylation is 3. The molecular formula is C77H74. The summed E-state index contributed by atoms with van der Waals surface area (Å²) in [5.74, 6) is 1.32. The van der Waals surface area contributed by atoms with Crippen LogP contribution < -0.4 is 0 Å². The highest BCUT2D eigenvalue weighted by Crippen LogP contribution is 2.59. The Morgan fingerprint density at radius 2 is 1.18 bits per heavy atom. The molecule has 0 aliphatic heterocycles. The van der Waals surface area contributed by atoms with Crippen molar-refractivity contribution in [3.05, 3.63) is 304 Å². The fourth-order valence-electron chi connectivity index (χ4n) is 12.4. The van der Waals surface area contributed by atoms with Crippen LogP contribution in [0.3, 0.4) is 0 Å². The average Bonchev–Trinajstić information content (AvgIpc) is 3.92. The highest BCUT2D eigenvalue weighted by Gasteiger charge is 2.47. The van der Waals surface area contributed by atoms with E-state index in [1.54, 1.807) is 5.57 Å². The maximum atomic E-state index is 4.21. The molecule has 0 N–H and O–H groups in total. The topological polar surface area (TPSA) is 0 Å². The first kappa shape index (κ1) is 52.4. The second-order valence-electron chi connectivity index (χ2n) is 21.8. The van der Waals surface area contributed by atoms with Crippen LogP contribution in [-0.2, 0) is 11.8 Å². The van der Waals surface area contributed by atoms with E-state index in [9.17, 15) is 0 Å². The van der Waals surface area contributed by atoms with Crippen LogP contribution in [0.4, 0.5) is 0 Å². The zero-order valence-corrected chi connectivity index (χ0v) is 46.4. The van der Waals surface area contributed by atoms with Crippen LogP contribution in [0.1, 0.15) is 105 Å². The second kappa shape index (κ2) is 23.5. The van der Waals surface area contributed by atoms with Crippen LogP contribution in [0.2, 0.25) is 0 Å². The van der Waals surface area contributed by atoms with Crippen LogP contribution in [0.25, 0.3) is 61.0 Å². The molecule has 2 unspecified atom stereocenters. The molecule has 0 heteroatoms. The van der Waals surface area contributed by atoms with Crippen molar-refractivity contribution in [2.24, 2.45) is 11.8 Å². The van der Waals surface area contributed by atoms with Gasteiger partial charge in [-0.3, -0.25) is 0 Å². The quantitative estimate of drug-likeness (QED) is 0.156. The lowest BCUT2D eigenvalue weighted by Crippen LogP contribution is -2.28. The third-order valence-electron chi connectivity index (χ3n) is 16.3. The van der Waals surface area contributed by atoms with Gasteiger partial charge in [-0.05, 0) is 195 Å². The van der Waals surface area contributed by atoms with Crippen LogP contribution in [0.15, 0.2) is 259 Å². The summed E-state index contributed by atoms with van der Waals surface area (Å²) in [6.07, 6.45) is 21.6.